The van der Waals surface area contributed by atoms with Crippen molar-refractivity contribution in [3.05, 3.63) is 127 Å². The summed E-state index contributed by atoms with van der Waals surface area (Å²) in [5.41, 5.74) is 1.85. The number of carboxylic acids is 2. The first-order valence-electron chi connectivity index (χ1n) is 13.8. The Morgan fingerprint density at radius 3 is 1.87 bits per heavy atom. The largest absolute Gasteiger partial charge is 1.00 e. The van der Waals surface area contributed by atoms with Crippen molar-refractivity contribution in [2.75, 3.05) is 0 Å². The van der Waals surface area contributed by atoms with Crippen molar-refractivity contribution in [1.82, 2.24) is 29.9 Å². The molecule has 6 rings (SSSR count). The Morgan fingerprint density at radius 1 is 0.870 bits per heavy atom. The number of aromatic amines is 1. The molecule has 0 saturated carbocycles. The maximum absolute atomic E-state index is 12.1. The topological polar surface area (TPSA) is 204 Å². The van der Waals surface area contributed by atoms with Crippen LogP contribution in [0.1, 0.15) is 39.3 Å². The number of rotatable bonds is 8. The molecule has 0 radical (unpaired) electrons. The van der Waals surface area contributed by atoms with E-state index in [0.29, 0.717) is 26.8 Å². The molecule has 264 valence electrons. The Morgan fingerprint density at radius 2 is 1.39 bits per heavy atom. The Bertz CT molecular complexity index is 2320. The van der Waals surface area contributed by atoms with E-state index < -0.39 is 23.4 Å². The van der Waals surface area contributed by atoms with Crippen molar-refractivity contribution >= 4 is 82.0 Å². The average molecular weight is 870 g/mol. The zero-order chi connectivity index (χ0) is 36.9. The van der Waals surface area contributed by atoms with Gasteiger partial charge in [-0.2, -0.15) is 0 Å². The molecule has 0 atom stereocenters. The van der Waals surface area contributed by atoms with Gasteiger partial charge in [-0.25, -0.2) is 34.2 Å². The van der Waals surface area contributed by atoms with Crippen molar-refractivity contribution < 1.29 is 128 Å². The SMILES string of the molecule is C.O=C(O)c1cccc(CCl)c1.[C-]#[N+]c1c(-c2nccs2)nc(SCc2cccc(C(=O)O)c2)[nH]c1=O.[C-]#[N+]c1c([O-])nc([S-])nc1-c1nccs1.[K+].[K+]. The molecule has 0 amide bonds. The summed E-state index contributed by atoms with van der Waals surface area (Å²) in [5.74, 6) is -1.78. The molecule has 21 heteroatoms. The molecule has 0 aliphatic heterocycles. The van der Waals surface area contributed by atoms with Gasteiger partial charge in [0.05, 0.1) is 24.3 Å². The van der Waals surface area contributed by atoms with Crippen LogP contribution in [-0.2, 0) is 24.3 Å². The molecule has 0 unspecified atom stereocenters. The van der Waals surface area contributed by atoms with Crippen LogP contribution >= 0.6 is 46.0 Å². The average Bonchev–Trinajstić information content (AvgIpc) is 3.87. The standard InChI is InChI=1S/C16H10N4O3S2.C8H7ClO2.C8H4N4OS2.CH4.2K/c1-17-11-12(14-18-5-6-24-14)19-16(20-13(11)21)25-8-9-3-2-4-10(7-9)15(22)23;9-5-6-2-1-3-7(4-6)8(10)11;1-9-4-5(7-10-2-3-15-7)11-8(14)12-6(4)13;;;/h2-7H,8H2,(H,22,23)(H,19,20,21);1-4H,5H2,(H,10,11);2-3H,(H2,11,12,13,14);1H4;;/q;;;;2*+1/p-2. The van der Waals surface area contributed by atoms with Crippen LogP contribution in [0.5, 0.6) is 5.88 Å². The molecule has 6 aromatic rings. The van der Waals surface area contributed by atoms with Crippen LogP contribution < -0.4 is 113 Å². The molecular weight excluding hydrogens is 846 g/mol. The molecule has 4 heterocycles. The van der Waals surface area contributed by atoms with E-state index >= 15 is 0 Å². The van der Waals surface area contributed by atoms with Gasteiger partial charge < -0.3 is 32.9 Å². The number of hydrogen-bond acceptors (Lipinski definition) is 13. The molecule has 14 nitrogen and oxygen atoms in total. The van der Waals surface area contributed by atoms with Gasteiger partial charge >= 0.3 is 115 Å². The van der Waals surface area contributed by atoms with Crippen LogP contribution in [0.4, 0.5) is 11.4 Å². The quantitative estimate of drug-likeness (QED) is 0.0495. The summed E-state index contributed by atoms with van der Waals surface area (Å²) in [7, 11) is 0. The molecule has 0 aliphatic carbocycles. The number of H-pyrrole nitrogens is 1. The second-order valence-corrected chi connectivity index (χ2v) is 12.8. The van der Waals surface area contributed by atoms with Gasteiger partial charge in [0.1, 0.15) is 21.4 Å². The van der Waals surface area contributed by atoms with Crippen LogP contribution in [0, 0.1) is 13.1 Å². The minimum atomic E-state index is -0.995. The maximum Gasteiger partial charge on any atom is 1.00 e. The molecule has 4 aromatic heterocycles. The summed E-state index contributed by atoms with van der Waals surface area (Å²) >= 11 is 14.1. The summed E-state index contributed by atoms with van der Waals surface area (Å²) in [4.78, 5) is 62.2. The first kappa shape index (κ1) is 49.5. The number of nitrogens with one attached hydrogen (secondary N) is 1. The fourth-order valence-electron chi connectivity index (χ4n) is 3.85. The van der Waals surface area contributed by atoms with Gasteiger partial charge in [0.25, 0.3) is 11.2 Å². The van der Waals surface area contributed by atoms with Crippen molar-refractivity contribution in [3.63, 3.8) is 0 Å². The molecule has 54 heavy (non-hydrogen) atoms. The number of thioether (sulfide) groups is 1. The minimum absolute atomic E-state index is 0. The zero-order valence-corrected chi connectivity index (χ0v) is 37.8. The third-order valence-corrected chi connectivity index (χ3v) is 9.07. The molecular formula is C33H23ClK2N8O6S4. The maximum atomic E-state index is 12.1. The zero-order valence-electron chi connectivity index (χ0n) is 27.5. The number of thiazole rings is 2. The van der Waals surface area contributed by atoms with Gasteiger partial charge in [-0.3, -0.25) is 14.8 Å². The van der Waals surface area contributed by atoms with Gasteiger partial charge in [0, 0.05) is 39.9 Å². The van der Waals surface area contributed by atoms with Crippen LogP contribution in [-0.4, -0.2) is 52.1 Å². The van der Waals surface area contributed by atoms with Gasteiger partial charge in [0.15, 0.2) is 5.16 Å². The van der Waals surface area contributed by atoms with E-state index in [-0.39, 0.29) is 149 Å². The number of aromatic carboxylic acids is 2. The van der Waals surface area contributed by atoms with E-state index in [9.17, 15) is 19.5 Å². The van der Waals surface area contributed by atoms with Crippen LogP contribution in [0.3, 0.4) is 0 Å². The summed E-state index contributed by atoms with van der Waals surface area (Å²) < 4.78 is 0. The number of hydrogen-bond donors (Lipinski definition) is 3. The van der Waals surface area contributed by atoms with E-state index in [4.69, 9.17) is 47.6 Å². The van der Waals surface area contributed by atoms with Crippen molar-refractivity contribution in [2.45, 2.75) is 29.4 Å². The Balaban J connectivity index is 0.000000431. The fraction of sp³-hybridized carbons (Fsp3) is 0.0909. The Kier molecular flexibility index (Phi) is 22.8. The molecule has 0 bridgehead atoms. The van der Waals surface area contributed by atoms with Gasteiger partial charge in [0.2, 0.25) is 5.69 Å². The molecule has 3 N–H and O–H groups in total. The normalized spacial score (nSPS) is 9.46. The first-order chi connectivity index (χ1) is 24.5. The molecule has 0 fully saturated rings. The number of benzene rings is 2. The molecule has 0 spiro atoms. The number of halogens is 1. The summed E-state index contributed by atoms with van der Waals surface area (Å²) in [6, 6.07) is 13.1. The number of aromatic nitrogens is 6. The molecule has 2 aromatic carbocycles. The fourth-order valence-corrected chi connectivity index (χ4v) is 6.24. The predicted molar refractivity (Wildman–Crippen MR) is 199 cm³/mol. The minimum Gasteiger partial charge on any atom is -0.867 e. The van der Waals surface area contributed by atoms with E-state index in [1.54, 1.807) is 65.6 Å². The number of nitrogens with zero attached hydrogens (tertiary/aromatic N) is 7. The number of alkyl halides is 1. The second-order valence-electron chi connectivity index (χ2n) is 9.41. The Labute approximate surface area is 416 Å². The van der Waals surface area contributed by atoms with Crippen LogP contribution in [0.2, 0.25) is 0 Å². The molecule has 0 aliphatic rings. The van der Waals surface area contributed by atoms with Crippen molar-refractivity contribution in [3.8, 4) is 27.3 Å². The third kappa shape index (κ3) is 14.2. The van der Waals surface area contributed by atoms with Crippen molar-refractivity contribution in [1.29, 1.82) is 0 Å². The van der Waals surface area contributed by atoms with E-state index in [0.717, 1.165) is 11.1 Å². The van der Waals surface area contributed by atoms with E-state index in [2.05, 4.69) is 39.6 Å². The first-order valence-corrected chi connectivity index (χ1v) is 17.5. The van der Waals surface area contributed by atoms with Crippen LogP contribution in [0.15, 0.2) is 86.8 Å². The van der Waals surface area contributed by atoms with Crippen LogP contribution in [0.25, 0.3) is 31.1 Å². The van der Waals surface area contributed by atoms with Gasteiger partial charge in [-0.1, -0.05) is 43.5 Å². The van der Waals surface area contributed by atoms with Gasteiger partial charge in [-0.15, -0.1) is 34.3 Å². The Hall–Kier alpha value is -2.49. The second kappa shape index (κ2) is 24.9. The molecule has 0 saturated heterocycles. The monoisotopic (exact) mass is 868 g/mol. The summed E-state index contributed by atoms with van der Waals surface area (Å²) in [5, 5.41) is 33.7. The van der Waals surface area contributed by atoms with Crippen molar-refractivity contribution in [2.24, 2.45) is 0 Å². The smallest absolute Gasteiger partial charge is 0.867 e. The summed E-state index contributed by atoms with van der Waals surface area (Å²) in [6.07, 6.45) is 3.16. The van der Waals surface area contributed by atoms with E-state index in [1.165, 1.54) is 40.5 Å². The third-order valence-electron chi connectivity index (χ3n) is 6.08. The predicted octanol–water partition coefficient (Wildman–Crippen LogP) is 1.33. The van der Waals surface area contributed by atoms with Gasteiger partial charge in [-0.05, 0) is 41.3 Å². The summed E-state index contributed by atoms with van der Waals surface area (Å²) in [6.45, 7) is 14.1. The number of carbonyl (C=O) groups is 2. The van der Waals surface area contributed by atoms with E-state index in [1.807, 2.05) is 0 Å². The number of carboxylic acid groups (broad SMARTS) is 2.